The van der Waals surface area contributed by atoms with Gasteiger partial charge in [0.1, 0.15) is 0 Å². The van der Waals surface area contributed by atoms with Crippen LogP contribution in [0, 0.1) is 0 Å². The summed E-state index contributed by atoms with van der Waals surface area (Å²) in [6.45, 7) is 0. The van der Waals surface area contributed by atoms with Gasteiger partial charge in [0.25, 0.3) is 0 Å². The van der Waals surface area contributed by atoms with Crippen LogP contribution in [0.3, 0.4) is 0 Å². The first-order valence-electron chi connectivity index (χ1n) is 6.91. The fourth-order valence-corrected chi connectivity index (χ4v) is 3.17. The Morgan fingerprint density at radius 3 is 2.85 bits per heavy atom. The minimum atomic E-state index is 0.305. The van der Waals surface area contributed by atoms with E-state index in [9.17, 15) is 0 Å². The molecule has 0 aliphatic carbocycles. The first-order valence-corrected chi connectivity index (χ1v) is 7.85. The first kappa shape index (κ1) is 13.3. The lowest BCUT2D eigenvalue weighted by atomic mass is 10.0. The van der Waals surface area contributed by atoms with Crippen LogP contribution in [-0.4, -0.2) is 12.0 Å². The van der Waals surface area contributed by atoms with E-state index in [2.05, 4.69) is 52.5 Å². The summed E-state index contributed by atoms with van der Waals surface area (Å²) in [6, 6.07) is 15.1. The Morgan fingerprint density at radius 2 is 2.05 bits per heavy atom. The molecule has 0 amide bonds. The zero-order chi connectivity index (χ0) is 13.8. The topological polar surface area (TPSA) is 24.9 Å². The summed E-state index contributed by atoms with van der Waals surface area (Å²) in [5.74, 6) is 0. The summed E-state index contributed by atoms with van der Waals surface area (Å²) in [7, 11) is 2.01. The van der Waals surface area contributed by atoms with Crippen molar-refractivity contribution in [2.24, 2.45) is 0 Å². The number of nitrogens with zero attached hydrogens (tertiary/aromatic N) is 1. The highest BCUT2D eigenvalue weighted by atomic mass is 32.1. The van der Waals surface area contributed by atoms with Crippen molar-refractivity contribution in [3.8, 4) is 0 Å². The van der Waals surface area contributed by atoms with Gasteiger partial charge in [0.2, 0.25) is 0 Å². The van der Waals surface area contributed by atoms with Crippen molar-refractivity contribution in [1.29, 1.82) is 0 Å². The molecule has 1 N–H and O–H groups in total. The lowest BCUT2D eigenvalue weighted by Gasteiger charge is -2.16. The normalized spacial score (nSPS) is 12.7. The Hall–Kier alpha value is -1.71. The molecule has 1 unspecified atom stereocenters. The van der Waals surface area contributed by atoms with Gasteiger partial charge in [-0.1, -0.05) is 24.3 Å². The molecule has 0 aliphatic heterocycles. The quantitative estimate of drug-likeness (QED) is 0.759. The van der Waals surface area contributed by atoms with Crippen LogP contribution in [0.4, 0.5) is 0 Å². The minimum absolute atomic E-state index is 0.305. The SMILES string of the molecule is CNC(CCc1ccsc1)c1ccc2ccccc2n1. The van der Waals surface area contributed by atoms with Gasteiger partial charge in [0.15, 0.2) is 0 Å². The fourth-order valence-electron chi connectivity index (χ4n) is 2.46. The third kappa shape index (κ3) is 2.89. The molecule has 2 aromatic heterocycles. The van der Waals surface area contributed by atoms with Gasteiger partial charge in [-0.15, -0.1) is 0 Å². The molecule has 2 heterocycles. The second kappa shape index (κ2) is 6.16. The summed E-state index contributed by atoms with van der Waals surface area (Å²) in [6.07, 6.45) is 2.15. The van der Waals surface area contributed by atoms with E-state index in [1.54, 1.807) is 11.3 Å². The largest absolute Gasteiger partial charge is 0.312 e. The number of aryl methyl sites for hydroxylation is 1. The zero-order valence-corrected chi connectivity index (χ0v) is 12.4. The number of hydrogen-bond acceptors (Lipinski definition) is 3. The number of fused-ring (bicyclic) bond motifs is 1. The molecule has 2 nitrogen and oxygen atoms in total. The summed E-state index contributed by atoms with van der Waals surface area (Å²) >= 11 is 1.76. The molecule has 102 valence electrons. The molecule has 3 rings (SSSR count). The Balaban J connectivity index is 1.79. The Bertz CT molecular complexity index is 676. The highest BCUT2D eigenvalue weighted by Gasteiger charge is 2.11. The summed E-state index contributed by atoms with van der Waals surface area (Å²) in [5.41, 5.74) is 3.61. The van der Waals surface area contributed by atoms with Gasteiger partial charge in [-0.2, -0.15) is 11.3 Å². The monoisotopic (exact) mass is 282 g/mol. The molecule has 0 aliphatic rings. The lowest BCUT2D eigenvalue weighted by molar-refractivity contribution is 0.538. The van der Waals surface area contributed by atoms with Gasteiger partial charge < -0.3 is 5.32 Å². The van der Waals surface area contributed by atoms with E-state index in [1.165, 1.54) is 10.9 Å². The third-order valence-electron chi connectivity index (χ3n) is 3.63. The van der Waals surface area contributed by atoms with Gasteiger partial charge >= 0.3 is 0 Å². The van der Waals surface area contributed by atoms with Crippen molar-refractivity contribution < 1.29 is 0 Å². The van der Waals surface area contributed by atoms with Crippen LogP contribution < -0.4 is 5.32 Å². The maximum absolute atomic E-state index is 4.79. The molecule has 0 bridgehead atoms. The van der Waals surface area contributed by atoms with Gasteiger partial charge in [-0.25, -0.2) is 0 Å². The highest BCUT2D eigenvalue weighted by molar-refractivity contribution is 7.07. The van der Waals surface area contributed by atoms with Crippen molar-refractivity contribution in [2.45, 2.75) is 18.9 Å². The minimum Gasteiger partial charge on any atom is -0.312 e. The number of hydrogen-bond donors (Lipinski definition) is 1. The number of benzene rings is 1. The number of thiophene rings is 1. The average Bonchev–Trinajstić information content (AvgIpc) is 3.01. The Labute approximate surface area is 123 Å². The summed E-state index contributed by atoms with van der Waals surface area (Å²) in [4.78, 5) is 4.79. The van der Waals surface area contributed by atoms with Crippen molar-refractivity contribution in [3.63, 3.8) is 0 Å². The molecule has 0 radical (unpaired) electrons. The van der Waals surface area contributed by atoms with E-state index in [0.29, 0.717) is 6.04 Å². The smallest absolute Gasteiger partial charge is 0.0706 e. The van der Waals surface area contributed by atoms with Crippen LogP contribution in [0.15, 0.2) is 53.2 Å². The molecular weight excluding hydrogens is 264 g/mol. The van der Waals surface area contributed by atoms with Crippen molar-refractivity contribution in [2.75, 3.05) is 7.05 Å². The van der Waals surface area contributed by atoms with Crippen molar-refractivity contribution in [1.82, 2.24) is 10.3 Å². The molecular formula is C17H18N2S. The van der Waals surface area contributed by atoms with Crippen LogP contribution in [0.5, 0.6) is 0 Å². The standard InChI is InChI=1S/C17H18N2S/c1-18-16(8-6-13-10-11-20-12-13)17-9-7-14-4-2-3-5-15(14)19-17/h2-5,7,9-12,16,18H,6,8H2,1H3. The average molecular weight is 282 g/mol. The number of pyridine rings is 1. The van der Waals surface area contributed by atoms with E-state index >= 15 is 0 Å². The maximum Gasteiger partial charge on any atom is 0.0706 e. The highest BCUT2D eigenvalue weighted by Crippen LogP contribution is 2.21. The summed E-state index contributed by atoms with van der Waals surface area (Å²) < 4.78 is 0. The Kier molecular flexibility index (Phi) is 4.09. The first-order chi connectivity index (χ1) is 9.86. The van der Waals surface area contributed by atoms with Crippen LogP contribution in [0.1, 0.15) is 23.7 Å². The van der Waals surface area contributed by atoms with Crippen LogP contribution in [0.25, 0.3) is 10.9 Å². The van der Waals surface area contributed by atoms with E-state index in [0.717, 1.165) is 24.1 Å². The number of rotatable bonds is 5. The number of aromatic nitrogens is 1. The molecule has 3 aromatic rings. The van der Waals surface area contributed by atoms with Crippen LogP contribution in [-0.2, 0) is 6.42 Å². The molecule has 0 spiro atoms. The Morgan fingerprint density at radius 1 is 1.15 bits per heavy atom. The molecule has 0 saturated carbocycles. The van der Waals surface area contributed by atoms with E-state index in [1.807, 2.05) is 13.1 Å². The van der Waals surface area contributed by atoms with Crippen LogP contribution >= 0.6 is 11.3 Å². The number of para-hydroxylation sites is 1. The molecule has 20 heavy (non-hydrogen) atoms. The third-order valence-corrected chi connectivity index (χ3v) is 4.36. The van der Waals surface area contributed by atoms with Gasteiger partial charge in [0.05, 0.1) is 11.2 Å². The second-order valence-corrected chi connectivity index (χ2v) is 5.72. The van der Waals surface area contributed by atoms with E-state index in [4.69, 9.17) is 4.98 Å². The maximum atomic E-state index is 4.79. The zero-order valence-electron chi connectivity index (χ0n) is 11.5. The van der Waals surface area contributed by atoms with Crippen LogP contribution in [0.2, 0.25) is 0 Å². The van der Waals surface area contributed by atoms with Gasteiger partial charge in [-0.05, 0) is 54.4 Å². The lowest BCUT2D eigenvalue weighted by Crippen LogP contribution is -2.18. The predicted molar refractivity (Wildman–Crippen MR) is 86.2 cm³/mol. The molecule has 0 saturated heterocycles. The van der Waals surface area contributed by atoms with Gasteiger partial charge in [0, 0.05) is 11.4 Å². The van der Waals surface area contributed by atoms with Crippen molar-refractivity contribution in [3.05, 3.63) is 64.5 Å². The van der Waals surface area contributed by atoms with Gasteiger partial charge in [-0.3, -0.25) is 4.98 Å². The van der Waals surface area contributed by atoms with E-state index in [-0.39, 0.29) is 0 Å². The van der Waals surface area contributed by atoms with Crippen molar-refractivity contribution >= 4 is 22.2 Å². The molecule has 1 atom stereocenters. The predicted octanol–water partition coefficient (Wildman–Crippen LogP) is 4.19. The second-order valence-electron chi connectivity index (χ2n) is 4.94. The fraction of sp³-hybridized carbons (Fsp3) is 0.235. The number of nitrogens with one attached hydrogen (secondary N) is 1. The van der Waals surface area contributed by atoms with E-state index < -0.39 is 0 Å². The summed E-state index contributed by atoms with van der Waals surface area (Å²) in [5, 5.41) is 8.94. The molecule has 3 heteroatoms. The molecule has 1 aromatic carbocycles. The molecule has 0 fully saturated rings.